The average Bonchev–Trinajstić information content (AvgIpc) is 2.67. The fourth-order valence-electron chi connectivity index (χ4n) is 3.00. The Morgan fingerprint density at radius 1 is 0.536 bits per heavy atom. The van der Waals surface area contributed by atoms with Gasteiger partial charge in [-0.15, -0.1) is 0 Å². The van der Waals surface area contributed by atoms with Crippen LogP contribution in [0.15, 0.2) is 72.8 Å². The molecule has 140 valence electrons. The van der Waals surface area contributed by atoms with Crippen LogP contribution < -0.4 is 0 Å². The van der Waals surface area contributed by atoms with E-state index in [0.717, 1.165) is 27.1 Å². The third kappa shape index (κ3) is 4.35. The summed E-state index contributed by atoms with van der Waals surface area (Å²) in [4.78, 5) is 21.4. The summed E-state index contributed by atoms with van der Waals surface area (Å²) in [5.74, 6) is -1.76. The first kappa shape index (κ1) is 19.1. The van der Waals surface area contributed by atoms with Crippen molar-refractivity contribution in [1.82, 2.24) is 0 Å². The van der Waals surface area contributed by atoms with Gasteiger partial charge in [-0.25, -0.2) is 9.59 Å². The lowest BCUT2D eigenvalue weighted by molar-refractivity contribution is 0.0686. The summed E-state index contributed by atoms with van der Waals surface area (Å²) in [6.07, 6.45) is 0. The summed E-state index contributed by atoms with van der Waals surface area (Å²) in [7, 11) is 0. The van der Waals surface area contributed by atoms with Crippen molar-refractivity contribution >= 4 is 33.5 Å². The fraction of sp³-hybridized carbons (Fsp3) is 0.0833. The van der Waals surface area contributed by atoms with Crippen molar-refractivity contribution in [3.8, 4) is 0 Å². The molecule has 0 bridgehead atoms. The highest BCUT2D eigenvalue weighted by Gasteiger charge is 2.03. The first-order valence-corrected chi connectivity index (χ1v) is 8.81. The molecule has 0 aromatic heterocycles. The molecule has 0 aliphatic carbocycles. The van der Waals surface area contributed by atoms with E-state index >= 15 is 0 Å². The smallest absolute Gasteiger partial charge is 0.335 e. The molecule has 4 aromatic carbocycles. The number of carboxylic acids is 2. The third-order valence-corrected chi connectivity index (χ3v) is 4.49. The Morgan fingerprint density at radius 3 is 1.50 bits per heavy atom. The third-order valence-electron chi connectivity index (χ3n) is 4.49. The van der Waals surface area contributed by atoms with Gasteiger partial charge in [0.25, 0.3) is 0 Å². The Hall–Kier alpha value is -3.66. The van der Waals surface area contributed by atoms with E-state index in [1.165, 1.54) is 5.56 Å². The molecular formula is C24H20O4. The van der Waals surface area contributed by atoms with Gasteiger partial charge in [0.05, 0.1) is 11.1 Å². The van der Waals surface area contributed by atoms with Crippen LogP contribution in [0.25, 0.3) is 21.5 Å². The Labute approximate surface area is 162 Å². The van der Waals surface area contributed by atoms with Crippen LogP contribution >= 0.6 is 0 Å². The van der Waals surface area contributed by atoms with Gasteiger partial charge in [-0.1, -0.05) is 59.7 Å². The number of hydrogen-bond donors (Lipinski definition) is 2. The van der Waals surface area contributed by atoms with E-state index in [1.54, 1.807) is 24.3 Å². The van der Waals surface area contributed by atoms with Crippen LogP contribution in [0.2, 0.25) is 0 Å². The van der Waals surface area contributed by atoms with E-state index < -0.39 is 11.9 Å². The minimum Gasteiger partial charge on any atom is -0.478 e. The van der Waals surface area contributed by atoms with E-state index in [-0.39, 0.29) is 0 Å². The van der Waals surface area contributed by atoms with Gasteiger partial charge in [-0.3, -0.25) is 0 Å². The van der Waals surface area contributed by atoms with Crippen LogP contribution in [0.4, 0.5) is 0 Å². The molecule has 0 spiro atoms. The van der Waals surface area contributed by atoms with Crippen molar-refractivity contribution in [1.29, 1.82) is 0 Å². The fourth-order valence-corrected chi connectivity index (χ4v) is 3.00. The van der Waals surface area contributed by atoms with Crippen LogP contribution in [-0.2, 0) is 0 Å². The second-order valence-electron chi connectivity index (χ2n) is 6.74. The summed E-state index contributed by atoms with van der Waals surface area (Å²) < 4.78 is 0. The maximum atomic E-state index is 10.7. The molecule has 0 amide bonds. The predicted molar refractivity (Wildman–Crippen MR) is 111 cm³/mol. The van der Waals surface area contributed by atoms with Gasteiger partial charge < -0.3 is 10.2 Å². The van der Waals surface area contributed by atoms with Gasteiger partial charge in [0.1, 0.15) is 0 Å². The van der Waals surface area contributed by atoms with E-state index in [4.69, 9.17) is 10.2 Å². The molecule has 4 nitrogen and oxygen atoms in total. The van der Waals surface area contributed by atoms with E-state index in [2.05, 4.69) is 0 Å². The Morgan fingerprint density at radius 2 is 0.929 bits per heavy atom. The molecule has 0 atom stereocenters. The van der Waals surface area contributed by atoms with Crippen LogP contribution in [0.3, 0.4) is 0 Å². The van der Waals surface area contributed by atoms with Crippen molar-refractivity contribution in [2.45, 2.75) is 13.8 Å². The van der Waals surface area contributed by atoms with Crippen LogP contribution in [-0.4, -0.2) is 22.2 Å². The van der Waals surface area contributed by atoms with Crippen molar-refractivity contribution in [2.24, 2.45) is 0 Å². The maximum Gasteiger partial charge on any atom is 0.335 e. The maximum absolute atomic E-state index is 10.7. The molecule has 2 N–H and O–H groups in total. The molecule has 0 saturated carbocycles. The zero-order chi connectivity index (χ0) is 20.3. The quantitative estimate of drug-likeness (QED) is 0.474. The monoisotopic (exact) mass is 372 g/mol. The lowest BCUT2D eigenvalue weighted by Crippen LogP contribution is -1.95. The zero-order valence-electron chi connectivity index (χ0n) is 15.6. The largest absolute Gasteiger partial charge is 0.478 e. The molecule has 0 unspecified atom stereocenters. The van der Waals surface area contributed by atoms with Crippen LogP contribution in [0.1, 0.15) is 31.8 Å². The molecule has 0 fully saturated rings. The van der Waals surface area contributed by atoms with Crippen LogP contribution in [0, 0.1) is 13.8 Å². The highest BCUT2D eigenvalue weighted by molar-refractivity contribution is 5.95. The molecular weight excluding hydrogens is 352 g/mol. The number of carbonyl (C=O) groups is 2. The Balaban J connectivity index is 0.000000161. The van der Waals surface area contributed by atoms with E-state index in [0.29, 0.717) is 11.1 Å². The van der Waals surface area contributed by atoms with Gasteiger partial charge in [0.2, 0.25) is 0 Å². The Kier molecular flexibility index (Phi) is 5.41. The number of rotatable bonds is 2. The minimum absolute atomic E-state index is 0.335. The van der Waals surface area contributed by atoms with Gasteiger partial charge >= 0.3 is 11.9 Å². The summed E-state index contributed by atoms with van der Waals surface area (Å²) in [5.41, 5.74) is 2.99. The van der Waals surface area contributed by atoms with Gasteiger partial charge in [-0.2, -0.15) is 0 Å². The highest BCUT2D eigenvalue weighted by Crippen LogP contribution is 2.18. The first-order chi connectivity index (χ1) is 13.3. The van der Waals surface area contributed by atoms with Gasteiger partial charge in [0.15, 0.2) is 0 Å². The zero-order valence-corrected chi connectivity index (χ0v) is 15.6. The lowest BCUT2D eigenvalue weighted by Gasteiger charge is -2.00. The van der Waals surface area contributed by atoms with Crippen molar-refractivity contribution in [3.05, 3.63) is 95.1 Å². The van der Waals surface area contributed by atoms with Gasteiger partial charge in [0, 0.05) is 0 Å². The first-order valence-electron chi connectivity index (χ1n) is 8.81. The van der Waals surface area contributed by atoms with Crippen molar-refractivity contribution in [3.63, 3.8) is 0 Å². The average molecular weight is 372 g/mol. The SMILES string of the molecule is Cc1ccc2cc(C(=O)O)ccc2c1.Cc1ccc2ccc(C(=O)O)cc2c1. The number of aryl methyl sites for hydroxylation is 2. The molecule has 4 heteroatoms. The molecule has 0 saturated heterocycles. The molecule has 0 aliphatic rings. The minimum atomic E-state index is -0.882. The second kappa shape index (κ2) is 7.92. The summed E-state index contributed by atoms with van der Waals surface area (Å²) >= 11 is 0. The molecule has 0 radical (unpaired) electrons. The molecule has 4 rings (SSSR count). The number of hydrogen-bond acceptors (Lipinski definition) is 2. The van der Waals surface area contributed by atoms with E-state index in [9.17, 15) is 9.59 Å². The van der Waals surface area contributed by atoms with E-state index in [1.807, 2.05) is 62.4 Å². The highest BCUT2D eigenvalue weighted by atomic mass is 16.4. The standard InChI is InChI=1S/2C12H10O2/c1-8-2-3-10-7-11(12(13)14)5-4-9(10)6-8;1-8-2-3-9-4-5-10(12(13)14)7-11(9)6-8/h2*2-7H,1H3,(H,13,14). The summed E-state index contributed by atoms with van der Waals surface area (Å²) in [6, 6.07) is 22.3. The molecule has 28 heavy (non-hydrogen) atoms. The summed E-state index contributed by atoms with van der Waals surface area (Å²) in [6.45, 7) is 4.01. The molecule has 0 aliphatic heterocycles. The second-order valence-corrected chi connectivity index (χ2v) is 6.74. The number of carboxylic acid groups (broad SMARTS) is 2. The Bertz CT molecular complexity index is 1190. The molecule has 0 heterocycles. The lowest BCUT2D eigenvalue weighted by atomic mass is 10.1. The number of benzene rings is 4. The van der Waals surface area contributed by atoms with Crippen molar-refractivity contribution in [2.75, 3.05) is 0 Å². The van der Waals surface area contributed by atoms with Crippen LogP contribution in [0.5, 0.6) is 0 Å². The topological polar surface area (TPSA) is 74.6 Å². The van der Waals surface area contributed by atoms with Gasteiger partial charge in [-0.05, 0) is 59.7 Å². The molecule has 4 aromatic rings. The normalized spacial score (nSPS) is 10.4. The summed E-state index contributed by atoms with van der Waals surface area (Å²) in [5, 5.41) is 21.7. The number of aromatic carboxylic acids is 2. The predicted octanol–water partition coefficient (Wildman–Crippen LogP) is 5.69. The van der Waals surface area contributed by atoms with Crippen molar-refractivity contribution < 1.29 is 19.8 Å². The number of fused-ring (bicyclic) bond motifs is 2.